The summed E-state index contributed by atoms with van der Waals surface area (Å²) in [6, 6.07) is 6.59. The van der Waals surface area contributed by atoms with E-state index < -0.39 is 5.60 Å². The summed E-state index contributed by atoms with van der Waals surface area (Å²) >= 11 is 0. The van der Waals surface area contributed by atoms with E-state index in [9.17, 15) is 5.11 Å². The van der Waals surface area contributed by atoms with E-state index >= 15 is 0 Å². The zero-order valence-electron chi connectivity index (χ0n) is 14.1. The third-order valence-electron chi connectivity index (χ3n) is 7.32. The minimum atomic E-state index is -0.900. The maximum Gasteiger partial charge on any atom is 0.130 e. The Morgan fingerprint density at radius 3 is 2.83 bits per heavy atom. The maximum atomic E-state index is 11.0. The van der Waals surface area contributed by atoms with Gasteiger partial charge in [0.1, 0.15) is 11.4 Å². The number of ether oxygens (including phenoxy) is 1. The van der Waals surface area contributed by atoms with Gasteiger partial charge in [0.15, 0.2) is 0 Å². The highest BCUT2D eigenvalue weighted by molar-refractivity contribution is 5.41. The molecule has 5 atom stereocenters. The molecule has 1 aromatic carbocycles. The summed E-state index contributed by atoms with van der Waals surface area (Å²) in [6.45, 7) is 2.24. The topological polar surface area (TPSA) is 29.5 Å². The van der Waals surface area contributed by atoms with Crippen molar-refractivity contribution in [1.82, 2.24) is 0 Å². The highest BCUT2D eigenvalue weighted by Crippen LogP contribution is 2.64. The number of rotatable bonds is 1. The maximum absolute atomic E-state index is 11.0. The van der Waals surface area contributed by atoms with Gasteiger partial charge in [0.05, 0.1) is 7.11 Å². The van der Waals surface area contributed by atoms with Crippen molar-refractivity contribution >= 4 is 0 Å². The molecule has 4 rings (SSSR count). The fourth-order valence-corrected chi connectivity index (χ4v) is 5.94. The highest BCUT2D eigenvalue weighted by atomic mass is 16.5. The first kappa shape index (κ1) is 15.1. The summed E-state index contributed by atoms with van der Waals surface area (Å²) in [4.78, 5) is 0. The lowest BCUT2D eigenvalue weighted by Crippen LogP contribution is -2.50. The van der Waals surface area contributed by atoms with E-state index in [-0.39, 0.29) is 5.41 Å². The molecule has 2 heteroatoms. The number of aryl methyl sites for hydroxylation is 1. The predicted octanol–water partition coefficient (Wildman–Crippen LogP) is 3.92. The van der Waals surface area contributed by atoms with E-state index in [1.54, 1.807) is 7.11 Å². The number of benzene rings is 1. The fourth-order valence-electron chi connectivity index (χ4n) is 5.94. The van der Waals surface area contributed by atoms with Gasteiger partial charge >= 0.3 is 0 Å². The van der Waals surface area contributed by atoms with Crippen molar-refractivity contribution in [2.45, 2.75) is 57.0 Å². The smallest absolute Gasteiger partial charge is 0.130 e. The second-order valence-corrected chi connectivity index (χ2v) is 7.98. The van der Waals surface area contributed by atoms with Crippen molar-refractivity contribution in [2.75, 3.05) is 7.11 Å². The van der Waals surface area contributed by atoms with Gasteiger partial charge in [-0.15, -0.1) is 6.42 Å². The van der Waals surface area contributed by atoms with Crippen LogP contribution in [0.3, 0.4) is 0 Å². The molecule has 0 unspecified atom stereocenters. The van der Waals surface area contributed by atoms with Crippen LogP contribution in [-0.2, 0) is 6.42 Å². The molecule has 2 nitrogen and oxygen atoms in total. The van der Waals surface area contributed by atoms with Crippen molar-refractivity contribution in [3.63, 3.8) is 0 Å². The van der Waals surface area contributed by atoms with Crippen LogP contribution in [0.4, 0.5) is 0 Å². The van der Waals surface area contributed by atoms with Crippen LogP contribution in [0.2, 0.25) is 0 Å². The number of fused-ring (bicyclic) bond motifs is 5. The van der Waals surface area contributed by atoms with Crippen LogP contribution in [0, 0.1) is 29.6 Å². The molecule has 2 fully saturated rings. The molecule has 0 saturated heterocycles. The normalized spacial score (nSPS) is 41.4. The van der Waals surface area contributed by atoms with Gasteiger partial charge in [-0.05, 0) is 79.5 Å². The standard InChI is InChI=1S/C21H26O2/c1-4-21(22)12-10-19-18-7-5-14-13-15(23-3)6-8-16(14)17(18)9-11-20(19,21)2/h1,6,8,13,17-19,22H,5,7,9-12H2,2-3H3/t17-,18-,19+,20+,21-/m0/s1. The zero-order chi connectivity index (χ0) is 16.2. The molecule has 0 spiro atoms. The number of hydrogen-bond acceptors (Lipinski definition) is 2. The first-order valence-electron chi connectivity index (χ1n) is 8.89. The van der Waals surface area contributed by atoms with Gasteiger partial charge in [-0.3, -0.25) is 0 Å². The average molecular weight is 310 g/mol. The predicted molar refractivity (Wildman–Crippen MR) is 91.4 cm³/mol. The Labute approximate surface area is 139 Å². The third-order valence-corrected chi connectivity index (χ3v) is 7.32. The van der Waals surface area contributed by atoms with Crippen LogP contribution in [0.15, 0.2) is 18.2 Å². The first-order valence-corrected chi connectivity index (χ1v) is 8.89. The van der Waals surface area contributed by atoms with Gasteiger partial charge < -0.3 is 9.84 Å². The summed E-state index contributed by atoms with van der Waals surface area (Å²) in [6.07, 6.45) is 12.1. The lowest BCUT2D eigenvalue weighted by atomic mass is 9.53. The molecule has 3 aliphatic carbocycles. The van der Waals surface area contributed by atoms with Crippen LogP contribution >= 0.6 is 0 Å². The molecule has 1 aromatic rings. The van der Waals surface area contributed by atoms with Gasteiger partial charge in [-0.2, -0.15) is 0 Å². The Bertz CT molecular complexity index is 673. The van der Waals surface area contributed by atoms with Gasteiger partial charge in [-0.25, -0.2) is 0 Å². The summed E-state index contributed by atoms with van der Waals surface area (Å²) in [5.41, 5.74) is 1.97. The zero-order valence-corrected chi connectivity index (χ0v) is 14.1. The molecule has 122 valence electrons. The molecule has 2 saturated carbocycles. The molecular weight excluding hydrogens is 284 g/mol. The van der Waals surface area contributed by atoms with E-state index in [0.717, 1.165) is 37.9 Å². The van der Waals surface area contributed by atoms with Gasteiger partial charge in [0.25, 0.3) is 0 Å². The summed E-state index contributed by atoms with van der Waals surface area (Å²) in [5.74, 6) is 5.56. The van der Waals surface area contributed by atoms with E-state index in [4.69, 9.17) is 11.2 Å². The molecule has 0 radical (unpaired) electrons. The minimum Gasteiger partial charge on any atom is -0.497 e. The molecule has 1 N–H and O–H groups in total. The van der Waals surface area contributed by atoms with Crippen molar-refractivity contribution in [1.29, 1.82) is 0 Å². The van der Waals surface area contributed by atoms with E-state index in [2.05, 4.69) is 31.0 Å². The largest absolute Gasteiger partial charge is 0.497 e. The monoisotopic (exact) mass is 310 g/mol. The van der Waals surface area contributed by atoms with Crippen molar-refractivity contribution in [2.24, 2.45) is 17.3 Å². The molecule has 0 amide bonds. The minimum absolute atomic E-state index is 0.104. The summed E-state index contributed by atoms with van der Waals surface area (Å²) in [5, 5.41) is 11.0. The van der Waals surface area contributed by atoms with Crippen molar-refractivity contribution in [3.8, 4) is 18.1 Å². The van der Waals surface area contributed by atoms with E-state index in [1.807, 2.05) is 0 Å². The first-order chi connectivity index (χ1) is 11.0. The molecule has 0 aliphatic heterocycles. The fraction of sp³-hybridized carbons (Fsp3) is 0.619. The number of hydrogen-bond donors (Lipinski definition) is 1. The molecule has 0 aromatic heterocycles. The molecule has 0 bridgehead atoms. The van der Waals surface area contributed by atoms with Crippen molar-refractivity contribution in [3.05, 3.63) is 29.3 Å². The Balaban J connectivity index is 1.70. The molecule has 23 heavy (non-hydrogen) atoms. The Morgan fingerprint density at radius 1 is 1.26 bits per heavy atom. The summed E-state index contributed by atoms with van der Waals surface area (Å²) in [7, 11) is 1.73. The van der Waals surface area contributed by atoms with Crippen molar-refractivity contribution < 1.29 is 9.84 Å². The highest BCUT2D eigenvalue weighted by Gasteiger charge is 2.61. The van der Waals surface area contributed by atoms with Crippen LogP contribution in [0.25, 0.3) is 0 Å². The van der Waals surface area contributed by atoms with Crippen LogP contribution in [0.1, 0.15) is 56.1 Å². The van der Waals surface area contributed by atoms with E-state index in [0.29, 0.717) is 17.8 Å². The molecule has 3 aliphatic rings. The van der Waals surface area contributed by atoms with Gasteiger partial charge in [-0.1, -0.05) is 18.9 Å². The van der Waals surface area contributed by atoms with E-state index in [1.165, 1.54) is 17.5 Å². The number of aliphatic hydroxyl groups is 1. The average Bonchev–Trinajstić information content (AvgIpc) is 2.86. The van der Waals surface area contributed by atoms with Gasteiger partial charge in [0, 0.05) is 5.41 Å². The van der Waals surface area contributed by atoms with Gasteiger partial charge in [0.2, 0.25) is 0 Å². The lowest BCUT2D eigenvalue weighted by molar-refractivity contribution is -0.0646. The Hall–Kier alpha value is -1.46. The second-order valence-electron chi connectivity index (χ2n) is 7.98. The Kier molecular flexibility index (Phi) is 3.29. The van der Waals surface area contributed by atoms with Crippen LogP contribution < -0.4 is 4.74 Å². The van der Waals surface area contributed by atoms with Crippen LogP contribution in [-0.4, -0.2) is 17.8 Å². The molecule has 0 heterocycles. The van der Waals surface area contributed by atoms with Crippen LogP contribution in [0.5, 0.6) is 5.75 Å². The SMILES string of the molecule is C#C[C@]1(O)CC[C@@H]2[C@H]3CCc4cc(OC)ccc4[C@@H]3CC[C@]21C. The molecular formula is C21H26O2. The number of terminal acetylenes is 1. The quantitative estimate of drug-likeness (QED) is 0.797. The lowest BCUT2D eigenvalue weighted by Gasteiger charge is -2.52. The second kappa shape index (κ2) is 5.02. The number of methoxy groups -OCH3 is 1. The summed E-state index contributed by atoms with van der Waals surface area (Å²) < 4.78 is 5.39. The Morgan fingerprint density at radius 2 is 2.09 bits per heavy atom. The third kappa shape index (κ3) is 1.93.